The lowest BCUT2D eigenvalue weighted by Crippen LogP contribution is -2.15. The van der Waals surface area contributed by atoms with Crippen LogP contribution in [0, 0.1) is 0 Å². The Hall–Kier alpha value is -3.48. The van der Waals surface area contributed by atoms with Crippen molar-refractivity contribution in [3.8, 4) is 16.9 Å². The summed E-state index contributed by atoms with van der Waals surface area (Å²) in [5.41, 5.74) is 15.7. The van der Waals surface area contributed by atoms with Crippen LogP contribution in [0.25, 0.3) is 22.0 Å². The standard InChI is InChI=1S/C24H21ClN4O2/c1-14(26)17-7-6-15(10-20(17)25)16-11-21-18(4-2-8-28-21)23(12-16)31-13-22-19(24(27)30)5-3-9-29-22/h2-12,14H,13,26H2,1H3,(H2,27,30). The molecule has 7 heteroatoms. The Balaban J connectivity index is 1.74. The van der Waals surface area contributed by atoms with Gasteiger partial charge in [0.1, 0.15) is 12.4 Å². The molecule has 0 aliphatic carbocycles. The summed E-state index contributed by atoms with van der Waals surface area (Å²) in [4.78, 5) is 20.4. The van der Waals surface area contributed by atoms with E-state index in [0.29, 0.717) is 22.0 Å². The lowest BCUT2D eigenvalue weighted by Gasteiger charge is -2.14. The highest BCUT2D eigenvalue weighted by Gasteiger charge is 2.13. The Bertz CT molecular complexity index is 1270. The smallest absolute Gasteiger partial charge is 0.250 e. The Morgan fingerprint density at radius 3 is 2.58 bits per heavy atom. The number of pyridine rings is 2. The van der Waals surface area contributed by atoms with Gasteiger partial charge in [0.05, 0.1) is 16.8 Å². The van der Waals surface area contributed by atoms with Gasteiger partial charge in [0.2, 0.25) is 0 Å². The van der Waals surface area contributed by atoms with Crippen LogP contribution >= 0.6 is 11.6 Å². The first-order valence-electron chi connectivity index (χ1n) is 9.74. The van der Waals surface area contributed by atoms with Crippen molar-refractivity contribution in [1.82, 2.24) is 9.97 Å². The van der Waals surface area contributed by atoms with Gasteiger partial charge in [-0.2, -0.15) is 0 Å². The minimum Gasteiger partial charge on any atom is -0.487 e. The third kappa shape index (κ3) is 4.35. The molecule has 2 aromatic heterocycles. The van der Waals surface area contributed by atoms with E-state index in [2.05, 4.69) is 9.97 Å². The van der Waals surface area contributed by atoms with Gasteiger partial charge in [-0.25, -0.2) is 0 Å². The number of amides is 1. The van der Waals surface area contributed by atoms with Crippen LogP contribution < -0.4 is 16.2 Å². The maximum atomic E-state index is 11.7. The number of primary amides is 1. The molecule has 2 aromatic carbocycles. The van der Waals surface area contributed by atoms with Crippen LogP contribution in [0.3, 0.4) is 0 Å². The molecule has 0 saturated carbocycles. The van der Waals surface area contributed by atoms with Gasteiger partial charge >= 0.3 is 0 Å². The van der Waals surface area contributed by atoms with Gasteiger partial charge in [0, 0.05) is 28.8 Å². The van der Waals surface area contributed by atoms with E-state index < -0.39 is 5.91 Å². The molecule has 4 aromatic rings. The van der Waals surface area contributed by atoms with E-state index in [1.807, 2.05) is 49.4 Å². The fraction of sp³-hybridized carbons (Fsp3) is 0.125. The number of carbonyl (C=O) groups is 1. The average Bonchev–Trinajstić information content (AvgIpc) is 2.77. The number of nitrogens with two attached hydrogens (primary N) is 2. The number of benzene rings is 2. The van der Waals surface area contributed by atoms with E-state index in [9.17, 15) is 4.79 Å². The number of ether oxygens (including phenoxy) is 1. The van der Waals surface area contributed by atoms with Gasteiger partial charge in [-0.15, -0.1) is 0 Å². The molecule has 4 rings (SSSR count). The highest BCUT2D eigenvalue weighted by atomic mass is 35.5. The SMILES string of the molecule is CC(N)c1ccc(-c2cc(OCc3ncccc3C(N)=O)c3cccnc3c2)cc1Cl. The summed E-state index contributed by atoms with van der Waals surface area (Å²) in [6.07, 6.45) is 3.33. The van der Waals surface area contributed by atoms with Crippen molar-refractivity contribution in [1.29, 1.82) is 0 Å². The first-order chi connectivity index (χ1) is 14.9. The maximum Gasteiger partial charge on any atom is 0.250 e. The van der Waals surface area contributed by atoms with Crippen molar-refractivity contribution < 1.29 is 9.53 Å². The molecule has 0 radical (unpaired) electrons. The van der Waals surface area contributed by atoms with Crippen LogP contribution in [0.15, 0.2) is 67.0 Å². The van der Waals surface area contributed by atoms with Crippen LogP contribution in [0.5, 0.6) is 5.75 Å². The van der Waals surface area contributed by atoms with E-state index >= 15 is 0 Å². The molecule has 31 heavy (non-hydrogen) atoms. The number of hydrogen-bond donors (Lipinski definition) is 2. The van der Waals surface area contributed by atoms with Crippen molar-refractivity contribution >= 4 is 28.4 Å². The molecule has 0 aliphatic rings. The third-order valence-electron chi connectivity index (χ3n) is 5.03. The van der Waals surface area contributed by atoms with Gasteiger partial charge in [-0.05, 0) is 66.1 Å². The van der Waals surface area contributed by atoms with Crippen LogP contribution in [0.4, 0.5) is 0 Å². The minimum atomic E-state index is -0.546. The fourth-order valence-electron chi connectivity index (χ4n) is 3.43. The van der Waals surface area contributed by atoms with Crippen molar-refractivity contribution in [3.63, 3.8) is 0 Å². The van der Waals surface area contributed by atoms with E-state index in [1.54, 1.807) is 24.5 Å². The normalized spacial score (nSPS) is 12.0. The van der Waals surface area contributed by atoms with Crippen molar-refractivity contribution in [2.24, 2.45) is 11.5 Å². The van der Waals surface area contributed by atoms with Crippen LogP contribution in [-0.4, -0.2) is 15.9 Å². The van der Waals surface area contributed by atoms with Crippen molar-refractivity contribution in [2.45, 2.75) is 19.6 Å². The van der Waals surface area contributed by atoms with E-state index in [4.69, 9.17) is 27.8 Å². The second-order valence-electron chi connectivity index (χ2n) is 7.22. The van der Waals surface area contributed by atoms with Gasteiger partial charge in [-0.3, -0.25) is 14.8 Å². The first kappa shape index (κ1) is 20.8. The average molecular weight is 433 g/mol. The molecule has 2 heterocycles. The zero-order valence-corrected chi connectivity index (χ0v) is 17.6. The Kier molecular flexibility index (Phi) is 5.84. The van der Waals surface area contributed by atoms with E-state index in [1.165, 1.54) is 0 Å². The largest absolute Gasteiger partial charge is 0.487 e. The molecular formula is C24H21ClN4O2. The van der Waals surface area contributed by atoms with Gasteiger partial charge < -0.3 is 16.2 Å². The molecular weight excluding hydrogens is 412 g/mol. The molecule has 6 nitrogen and oxygen atoms in total. The number of fused-ring (bicyclic) bond motifs is 1. The van der Waals surface area contributed by atoms with Gasteiger partial charge in [-0.1, -0.05) is 23.7 Å². The molecule has 1 unspecified atom stereocenters. The molecule has 156 valence electrons. The third-order valence-corrected chi connectivity index (χ3v) is 5.35. The van der Waals surface area contributed by atoms with Gasteiger partial charge in [0.25, 0.3) is 5.91 Å². The second kappa shape index (κ2) is 8.71. The predicted octanol–water partition coefficient (Wildman–Crippen LogP) is 4.65. The van der Waals surface area contributed by atoms with E-state index in [0.717, 1.165) is 27.6 Å². The number of halogens is 1. The molecule has 0 aliphatic heterocycles. The molecule has 0 saturated heterocycles. The summed E-state index contributed by atoms with van der Waals surface area (Å²) in [5, 5.41) is 1.46. The van der Waals surface area contributed by atoms with Crippen molar-refractivity contribution in [3.05, 3.63) is 88.8 Å². The monoisotopic (exact) mass is 432 g/mol. The number of hydrogen-bond acceptors (Lipinski definition) is 5. The maximum absolute atomic E-state index is 11.7. The Morgan fingerprint density at radius 2 is 1.84 bits per heavy atom. The number of aromatic nitrogens is 2. The summed E-state index contributed by atoms with van der Waals surface area (Å²) in [6.45, 7) is 1.99. The predicted molar refractivity (Wildman–Crippen MR) is 122 cm³/mol. The summed E-state index contributed by atoms with van der Waals surface area (Å²) in [5.74, 6) is 0.0740. The molecule has 1 amide bonds. The minimum absolute atomic E-state index is 0.0942. The zero-order chi connectivity index (χ0) is 22.0. The summed E-state index contributed by atoms with van der Waals surface area (Å²) < 4.78 is 6.09. The lowest BCUT2D eigenvalue weighted by molar-refractivity contribution is 0.0997. The quantitative estimate of drug-likeness (QED) is 0.461. The highest BCUT2D eigenvalue weighted by Crippen LogP contribution is 2.34. The fourth-order valence-corrected chi connectivity index (χ4v) is 3.79. The number of carbonyl (C=O) groups excluding carboxylic acids is 1. The topological polar surface area (TPSA) is 104 Å². The Labute approximate surface area is 184 Å². The van der Waals surface area contributed by atoms with Crippen LogP contribution in [0.1, 0.15) is 34.6 Å². The van der Waals surface area contributed by atoms with Gasteiger partial charge in [0.15, 0.2) is 0 Å². The molecule has 1 atom stereocenters. The second-order valence-corrected chi connectivity index (χ2v) is 7.63. The molecule has 0 fully saturated rings. The summed E-state index contributed by atoms with van der Waals surface area (Å²) in [7, 11) is 0. The van der Waals surface area contributed by atoms with E-state index in [-0.39, 0.29) is 12.6 Å². The molecule has 0 spiro atoms. The Morgan fingerprint density at radius 1 is 1.06 bits per heavy atom. The van der Waals surface area contributed by atoms with Crippen LogP contribution in [0.2, 0.25) is 5.02 Å². The lowest BCUT2D eigenvalue weighted by atomic mass is 10.00. The zero-order valence-electron chi connectivity index (χ0n) is 16.9. The van der Waals surface area contributed by atoms with Crippen LogP contribution in [-0.2, 0) is 6.61 Å². The highest BCUT2D eigenvalue weighted by molar-refractivity contribution is 6.31. The number of nitrogens with zero attached hydrogens (tertiary/aromatic N) is 2. The summed E-state index contributed by atoms with van der Waals surface area (Å²) in [6, 6.07) is 16.6. The summed E-state index contributed by atoms with van der Waals surface area (Å²) >= 11 is 6.44. The first-order valence-corrected chi connectivity index (χ1v) is 10.1. The number of rotatable bonds is 6. The molecule has 0 bridgehead atoms. The van der Waals surface area contributed by atoms with Crippen molar-refractivity contribution in [2.75, 3.05) is 0 Å². The molecule has 4 N–H and O–H groups in total.